The highest BCUT2D eigenvalue weighted by Gasteiger charge is 2.28. The van der Waals surface area contributed by atoms with Crippen molar-refractivity contribution < 1.29 is 4.79 Å². The number of rotatable bonds is 2. The van der Waals surface area contributed by atoms with E-state index in [-0.39, 0.29) is 23.2 Å². The van der Waals surface area contributed by atoms with Gasteiger partial charge in [0.05, 0.1) is 5.92 Å². The van der Waals surface area contributed by atoms with Crippen molar-refractivity contribution in [3.8, 4) is 0 Å². The zero-order chi connectivity index (χ0) is 12.3. The maximum absolute atomic E-state index is 12.0. The van der Waals surface area contributed by atoms with Gasteiger partial charge in [-0.15, -0.1) is 0 Å². The Morgan fingerprint density at radius 2 is 2.24 bits per heavy atom. The SMILES string of the molecule is NC1CCCCC1C(=O)Nc1ccnc(Cl)n1. The second kappa shape index (κ2) is 5.42. The number of amides is 1. The Morgan fingerprint density at radius 3 is 2.94 bits per heavy atom. The molecule has 1 aromatic rings. The Labute approximate surface area is 105 Å². The number of hydrogen-bond acceptors (Lipinski definition) is 4. The lowest BCUT2D eigenvalue weighted by Crippen LogP contribution is -2.40. The summed E-state index contributed by atoms with van der Waals surface area (Å²) in [4.78, 5) is 19.7. The first-order chi connectivity index (χ1) is 8.16. The van der Waals surface area contributed by atoms with E-state index in [1.54, 1.807) is 6.07 Å². The van der Waals surface area contributed by atoms with Gasteiger partial charge in [-0.25, -0.2) is 9.97 Å². The van der Waals surface area contributed by atoms with Crippen molar-refractivity contribution in [2.45, 2.75) is 31.7 Å². The van der Waals surface area contributed by atoms with Crippen molar-refractivity contribution in [3.05, 3.63) is 17.5 Å². The van der Waals surface area contributed by atoms with Gasteiger partial charge < -0.3 is 11.1 Å². The number of nitrogens with zero attached hydrogens (tertiary/aromatic N) is 2. The molecule has 0 saturated heterocycles. The van der Waals surface area contributed by atoms with Gasteiger partial charge in [0.1, 0.15) is 5.82 Å². The zero-order valence-electron chi connectivity index (χ0n) is 9.40. The van der Waals surface area contributed by atoms with E-state index in [1.807, 2.05) is 0 Å². The molecule has 0 bridgehead atoms. The Hall–Kier alpha value is -1.20. The molecule has 0 aromatic carbocycles. The number of halogens is 1. The van der Waals surface area contributed by atoms with Crippen molar-refractivity contribution in [3.63, 3.8) is 0 Å². The minimum atomic E-state index is -0.127. The molecule has 5 nitrogen and oxygen atoms in total. The molecule has 3 N–H and O–H groups in total. The van der Waals surface area contributed by atoms with Gasteiger partial charge in [0, 0.05) is 12.2 Å². The summed E-state index contributed by atoms with van der Waals surface area (Å²) in [7, 11) is 0. The van der Waals surface area contributed by atoms with Crippen LogP contribution in [0.3, 0.4) is 0 Å². The van der Waals surface area contributed by atoms with Crippen LogP contribution in [0.1, 0.15) is 25.7 Å². The monoisotopic (exact) mass is 254 g/mol. The summed E-state index contributed by atoms with van der Waals surface area (Å²) >= 11 is 5.64. The topological polar surface area (TPSA) is 80.9 Å². The van der Waals surface area contributed by atoms with Crippen LogP contribution in [0, 0.1) is 5.92 Å². The summed E-state index contributed by atoms with van der Waals surface area (Å²) < 4.78 is 0. The smallest absolute Gasteiger partial charge is 0.230 e. The average Bonchev–Trinajstić information content (AvgIpc) is 2.29. The second-order valence-electron chi connectivity index (χ2n) is 4.25. The molecule has 0 spiro atoms. The van der Waals surface area contributed by atoms with Crippen LogP contribution >= 0.6 is 11.6 Å². The van der Waals surface area contributed by atoms with Crippen molar-refractivity contribution in [1.29, 1.82) is 0 Å². The summed E-state index contributed by atoms with van der Waals surface area (Å²) in [6, 6.07) is 1.55. The van der Waals surface area contributed by atoms with Gasteiger partial charge in [0.25, 0.3) is 0 Å². The third-order valence-corrected chi connectivity index (χ3v) is 3.22. The van der Waals surface area contributed by atoms with Crippen molar-refractivity contribution in [2.75, 3.05) is 5.32 Å². The maximum atomic E-state index is 12.0. The quantitative estimate of drug-likeness (QED) is 0.786. The van der Waals surface area contributed by atoms with E-state index in [9.17, 15) is 4.79 Å². The third kappa shape index (κ3) is 3.14. The lowest BCUT2D eigenvalue weighted by molar-refractivity contribution is -0.121. The summed E-state index contributed by atoms with van der Waals surface area (Å²) in [5.74, 6) is 0.220. The van der Waals surface area contributed by atoms with Crippen molar-refractivity contribution in [2.24, 2.45) is 11.7 Å². The Bertz CT molecular complexity index is 412. The molecule has 1 aliphatic carbocycles. The molecule has 1 saturated carbocycles. The van der Waals surface area contributed by atoms with Gasteiger partial charge in [0.15, 0.2) is 0 Å². The van der Waals surface area contributed by atoms with Crippen LogP contribution in [0.15, 0.2) is 12.3 Å². The van der Waals surface area contributed by atoms with Crippen LogP contribution < -0.4 is 11.1 Å². The van der Waals surface area contributed by atoms with E-state index in [0.29, 0.717) is 5.82 Å². The molecule has 1 fully saturated rings. The summed E-state index contributed by atoms with van der Waals surface area (Å²) in [6.45, 7) is 0. The number of nitrogens with two attached hydrogens (primary N) is 1. The van der Waals surface area contributed by atoms with Crippen LogP contribution in [-0.4, -0.2) is 21.9 Å². The fraction of sp³-hybridized carbons (Fsp3) is 0.545. The molecule has 1 aromatic heterocycles. The van der Waals surface area contributed by atoms with Gasteiger partial charge in [-0.05, 0) is 30.5 Å². The van der Waals surface area contributed by atoms with E-state index in [0.717, 1.165) is 25.7 Å². The molecule has 1 amide bonds. The van der Waals surface area contributed by atoms with Gasteiger partial charge in [0.2, 0.25) is 11.2 Å². The number of carbonyl (C=O) groups excluding carboxylic acids is 1. The third-order valence-electron chi connectivity index (χ3n) is 3.03. The molecule has 92 valence electrons. The van der Waals surface area contributed by atoms with Crippen LogP contribution in [0.4, 0.5) is 5.82 Å². The van der Waals surface area contributed by atoms with E-state index in [4.69, 9.17) is 17.3 Å². The van der Waals surface area contributed by atoms with Crippen LogP contribution in [0.2, 0.25) is 5.28 Å². The lowest BCUT2D eigenvalue weighted by atomic mass is 9.84. The second-order valence-corrected chi connectivity index (χ2v) is 4.59. The predicted molar refractivity (Wildman–Crippen MR) is 65.6 cm³/mol. The van der Waals surface area contributed by atoms with Crippen LogP contribution in [0.5, 0.6) is 0 Å². The number of aromatic nitrogens is 2. The summed E-state index contributed by atoms with van der Waals surface area (Å²) in [5, 5.41) is 2.85. The molecule has 0 aliphatic heterocycles. The molecule has 1 aliphatic rings. The van der Waals surface area contributed by atoms with Crippen LogP contribution in [-0.2, 0) is 4.79 Å². The van der Waals surface area contributed by atoms with Gasteiger partial charge >= 0.3 is 0 Å². The lowest BCUT2D eigenvalue weighted by Gasteiger charge is -2.27. The maximum Gasteiger partial charge on any atom is 0.230 e. The highest BCUT2D eigenvalue weighted by Crippen LogP contribution is 2.24. The summed E-state index contributed by atoms with van der Waals surface area (Å²) in [5.41, 5.74) is 5.94. The molecular weight excluding hydrogens is 240 g/mol. The minimum Gasteiger partial charge on any atom is -0.327 e. The Kier molecular flexibility index (Phi) is 3.91. The van der Waals surface area contributed by atoms with E-state index in [1.165, 1.54) is 6.20 Å². The fourth-order valence-corrected chi connectivity index (χ4v) is 2.26. The molecule has 0 radical (unpaired) electrons. The number of hydrogen-bond donors (Lipinski definition) is 2. The fourth-order valence-electron chi connectivity index (χ4n) is 2.11. The highest BCUT2D eigenvalue weighted by molar-refractivity contribution is 6.28. The van der Waals surface area contributed by atoms with E-state index < -0.39 is 0 Å². The normalized spacial score (nSPS) is 24.4. The van der Waals surface area contributed by atoms with E-state index in [2.05, 4.69) is 15.3 Å². The first-order valence-electron chi connectivity index (χ1n) is 5.72. The van der Waals surface area contributed by atoms with Crippen molar-refractivity contribution in [1.82, 2.24) is 9.97 Å². The molecule has 6 heteroatoms. The number of nitrogens with one attached hydrogen (secondary N) is 1. The zero-order valence-corrected chi connectivity index (χ0v) is 10.2. The average molecular weight is 255 g/mol. The number of carbonyl (C=O) groups is 1. The molecule has 2 rings (SSSR count). The molecule has 1 heterocycles. The highest BCUT2D eigenvalue weighted by atomic mass is 35.5. The molecule has 17 heavy (non-hydrogen) atoms. The predicted octanol–water partition coefficient (Wildman–Crippen LogP) is 1.59. The van der Waals surface area contributed by atoms with Crippen LogP contribution in [0.25, 0.3) is 0 Å². The molecule has 2 atom stereocenters. The van der Waals surface area contributed by atoms with Crippen molar-refractivity contribution >= 4 is 23.3 Å². The Balaban J connectivity index is 2.01. The van der Waals surface area contributed by atoms with E-state index >= 15 is 0 Å². The first kappa shape index (κ1) is 12.3. The largest absolute Gasteiger partial charge is 0.327 e. The number of anilines is 1. The van der Waals surface area contributed by atoms with Gasteiger partial charge in [-0.1, -0.05) is 12.8 Å². The summed E-state index contributed by atoms with van der Waals surface area (Å²) in [6.07, 6.45) is 5.40. The molecule has 2 unspecified atom stereocenters. The minimum absolute atomic E-state index is 0.0546. The standard InChI is InChI=1S/C11H15ClN4O/c12-11-14-6-5-9(16-11)15-10(17)7-3-1-2-4-8(7)13/h5-8H,1-4,13H2,(H,14,15,16,17). The van der Waals surface area contributed by atoms with Gasteiger partial charge in [-0.2, -0.15) is 0 Å². The van der Waals surface area contributed by atoms with Gasteiger partial charge in [-0.3, -0.25) is 4.79 Å². The Morgan fingerprint density at radius 1 is 1.47 bits per heavy atom. The molecular formula is C11H15ClN4O. The first-order valence-corrected chi connectivity index (χ1v) is 6.09.